The van der Waals surface area contributed by atoms with Crippen molar-refractivity contribution in [3.8, 4) is 0 Å². The van der Waals surface area contributed by atoms with E-state index in [4.69, 9.17) is 11.6 Å². The Balaban J connectivity index is 2.64. The molecule has 1 saturated heterocycles. The number of halogens is 1. The zero-order valence-corrected chi connectivity index (χ0v) is 10.4. The molecule has 1 amide bonds. The van der Waals surface area contributed by atoms with Crippen LogP contribution in [-0.2, 0) is 14.6 Å². The SMILES string of the molecule is CCN(C(=O)CCCl)C1CCS(=O)(=O)C1. The zero-order valence-electron chi connectivity index (χ0n) is 8.78. The van der Waals surface area contributed by atoms with Crippen LogP contribution in [0, 0.1) is 0 Å². The van der Waals surface area contributed by atoms with Crippen LogP contribution >= 0.6 is 11.6 Å². The lowest BCUT2D eigenvalue weighted by atomic mass is 10.2. The smallest absolute Gasteiger partial charge is 0.224 e. The van der Waals surface area contributed by atoms with Gasteiger partial charge in [0.15, 0.2) is 9.84 Å². The molecule has 0 bridgehead atoms. The van der Waals surface area contributed by atoms with E-state index in [0.29, 0.717) is 13.0 Å². The molecule has 0 N–H and O–H groups in total. The first-order valence-corrected chi connectivity index (χ1v) is 7.41. The molecular formula is C9H16ClNO3S. The monoisotopic (exact) mass is 253 g/mol. The molecule has 0 saturated carbocycles. The van der Waals surface area contributed by atoms with Crippen LogP contribution in [0.15, 0.2) is 0 Å². The van der Waals surface area contributed by atoms with Crippen LogP contribution in [0.25, 0.3) is 0 Å². The maximum atomic E-state index is 11.6. The molecule has 88 valence electrons. The standard InChI is InChI=1S/C9H16ClNO3S/c1-2-11(9(12)3-5-10)8-4-6-15(13,14)7-8/h8H,2-7H2,1H3. The van der Waals surface area contributed by atoms with E-state index in [0.717, 1.165) is 0 Å². The number of amides is 1. The van der Waals surface area contributed by atoms with E-state index in [9.17, 15) is 13.2 Å². The number of sulfone groups is 1. The highest BCUT2D eigenvalue weighted by atomic mass is 35.5. The second kappa shape index (κ2) is 5.16. The van der Waals surface area contributed by atoms with E-state index in [1.165, 1.54) is 0 Å². The lowest BCUT2D eigenvalue weighted by Crippen LogP contribution is -2.41. The molecule has 1 heterocycles. The molecule has 1 rings (SSSR count). The average molecular weight is 254 g/mol. The van der Waals surface area contributed by atoms with Crippen molar-refractivity contribution in [2.75, 3.05) is 23.9 Å². The Hall–Kier alpha value is -0.290. The predicted octanol–water partition coefficient (Wildman–Crippen LogP) is 0.651. The third kappa shape index (κ3) is 3.34. The second-order valence-corrected chi connectivity index (χ2v) is 6.28. The van der Waals surface area contributed by atoms with Crippen molar-refractivity contribution in [2.24, 2.45) is 0 Å². The first-order chi connectivity index (χ1) is 7.00. The van der Waals surface area contributed by atoms with Gasteiger partial charge in [-0.15, -0.1) is 11.6 Å². The lowest BCUT2D eigenvalue weighted by molar-refractivity contribution is -0.132. The molecular weight excluding hydrogens is 238 g/mol. The third-order valence-corrected chi connectivity index (χ3v) is 4.56. The summed E-state index contributed by atoms with van der Waals surface area (Å²) in [5.41, 5.74) is 0. The van der Waals surface area contributed by atoms with Crippen LogP contribution in [-0.4, -0.2) is 49.2 Å². The molecule has 1 aliphatic rings. The number of carbonyl (C=O) groups excluding carboxylic acids is 1. The summed E-state index contributed by atoms with van der Waals surface area (Å²) in [5, 5.41) is 0. The van der Waals surface area contributed by atoms with Crippen LogP contribution in [0.2, 0.25) is 0 Å². The maximum absolute atomic E-state index is 11.6. The number of alkyl halides is 1. The van der Waals surface area contributed by atoms with Gasteiger partial charge in [0.25, 0.3) is 0 Å². The van der Waals surface area contributed by atoms with E-state index in [1.807, 2.05) is 6.92 Å². The fourth-order valence-electron chi connectivity index (χ4n) is 1.88. The van der Waals surface area contributed by atoms with Crippen molar-refractivity contribution in [1.29, 1.82) is 0 Å². The minimum absolute atomic E-state index is 0.0467. The summed E-state index contributed by atoms with van der Waals surface area (Å²) < 4.78 is 22.6. The quantitative estimate of drug-likeness (QED) is 0.692. The summed E-state index contributed by atoms with van der Waals surface area (Å²) in [6.07, 6.45) is 0.843. The van der Waals surface area contributed by atoms with E-state index in [2.05, 4.69) is 0 Å². The van der Waals surface area contributed by atoms with Gasteiger partial charge in [0.1, 0.15) is 0 Å². The van der Waals surface area contributed by atoms with Crippen molar-refractivity contribution in [2.45, 2.75) is 25.8 Å². The molecule has 1 unspecified atom stereocenters. The van der Waals surface area contributed by atoms with Gasteiger partial charge in [0.2, 0.25) is 5.91 Å². The van der Waals surface area contributed by atoms with Gasteiger partial charge in [-0.1, -0.05) is 0 Å². The molecule has 1 fully saturated rings. The average Bonchev–Trinajstić information content (AvgIpc) is 2.48. The van der Waals surface area contributed by atoms with E-state index < -0.39 is 9.84 Å². The number of carbonyl (C=O) groups is 1. The molecule has 0 aromatic carbocycles. The zero-order chi connectivity index (χ0) is 11.5. The van der Waals surface area contributed by atoms with Gasteiger partial charge in [-0.3, -0.25) is 4.79 Å². The summed E-state index contributed by atoms with van der Waals surface area (Å²) in [7, 11) is -2.93. The minimum atomic E-state index is -2.93. The van der Waals surface area contributed by atoms with Crippen LogP contribution in [0.1, 0.15) is 19.8 Å². The normalized spacial score (nSPS) is 24.0. The van der Waals surface area contributed by atoms with Crippen LogP contribution in [0.5, 0.6) is 0 Å². The molecule has 0 aromatic rings. The Kier molecular flexibility index (Phi) is 4.40. The maximum Gasteiger partial charge on any atom is 0.224 e. The first kappa shape index (κ1) is 12.8. The van der Waals surface area contributed by atoms with E-state index >= 15 is 0 Å². The molecule has 0 spiro atoms. The molecule has 15 heavy (non-hydrogen) atoms. The summed E-state index contributed by atoms with van der Waals surface area (Å²) >= 11 is 5.49. The number of hydrogen-bond donors (Lipinski definition) is 0. The highest BCUT2D eigenvalue weighted by Gasteiger charge is 2.33. The summed E-state index contributed by atoms with van der Waals surface area (Å²) in [5.74, 6) is 0.543. The van der Waals surface area contributed by atoms with Crippen LogP contribution < -0.4 is 0 Å². The third-order valence-electron chi connectivity index (χ3n) is 2.62. The topological polar surface area (TPSA) is 54.5 Å². The van der Waals surface area contributed by atoms with Gasteiger partial charge in [-0.05, 0) is 13.3 Å². The second-order valence-electron chi connectivity index (χ2n) is 3.68. The molecule has 0 radical (unpaired) electrons. The van der Waals surface area contributed by atoms with Crippen molar-refractivity contribution in [3.05, 3.63) is 0 Å². The number of hydrogen-bond acceptors (Lipinski definition) is 3. The van der Waals surface area contributed by atoms with Gasteiger partial charge >= 0.3 is 0 Å². The van der Waals surface area contributed by atoms with E-state index in [1.54, 1.807) is 4.90 Å². The van der Waals surface area contributed by atoms with Crippen molar-refractivity contribution in [3.63, 3.8) is 0 Å². The Morgan fingerprint density at radius 2 is 2.20 bits per heavy atom. The Morgan fingerprint density at radius 3 is 2.60 bits per heavy atom. The predicted molar refractivity (Wildman–Crippen MR) is 59.8 cm³/mol. The van der Waals surface area contributed by atoms with Gasteiger partial charge in [0.05, 0.1) is 11.5 Å². The lowest BCUT2D eigenvalue weighted by Gasteiger charge is -2.26. The van der Waals surface area contributed by atoms with Gasteiger partial charge in [-0.25, -0.2) is 8.42 Å². The molecule has 1 atom stereocenters. The summed E-state index contributed by atoms with van der Waals surface area (Å²) in [6, 6.07) is -0.143. The summed E-state index contributed by atoms with van der Waals surface area (Å²) in [4.78, 5) is 13.3. The van der Waals surface area contributed by atoms with Crippen molar-refractivity contribution < 1.29 is 13.2 Å². The highest BCUT2D eigenvalue weighted by Crippen LogP contribution is 2.18. The van der Waals surface area contributed by atoms with Crippen molar-refractivity contribution in [1.82, 2.24) is 4.90 Å². The Morgan fingerprint density at radius 1 is 1.53 bits per heavy atom. The highest BCUT2D eigenvalue weighted by molar-refractivity contribution is 7.91. The van der Waals surface area contributed by atoms with Crippen LogP contribution in [0.3, 0.4) is 0 Å². The van der Waals surface area contributed by atoms with Crippen molar-refractivity contribution >= 4 is 27.3 Å². The molecule has 6 heteroatoms. The molecule has 1 aliphatic heterocycles. The number of nitrogens with zero attached hydrogens (tertiary/aromatic N) is 1. The largest absolute Gasteiger partial charge is 0.339 e. The van der Waals surface area contributed by atoms with Gasteiger partial charge in [0, 0.05) is 24.9 Å². The van der Waals surface area contributed by atoms with Crippen LogP contribution in [0.4, 0.5) is 0 Å². The Labute approximate surface area is 95.5 Å². The fourth-order valence-corrected chi connectivity index (χ4v) is 3.78. The molecule has 0 aliphatic carbocycles. The molecule has 0 aromatic heterocycles. The Bertz CT molecular complexity index is 328. The number of rotatable bonds is 4. The summed E-state index contributed by atoms with van der Waals surface area (Å²) in [6.45, 7) is 2.41. The minimum Gasteiger partial charge on any atom is -0.339 e. The first-order valence-electron chi connectivity index (χ1n) is 5.06. The van der Waals surface area contributed by atoms with Gasteiger partial charge < -0.3 is 4.90 Å². The van der Waals surface area contributed by atoms with E-state index in [-0.39, 0.29) is 35.8 Å². The molecule has 4 nitrogen and oxygen atoms in total. The van der Waals surface area contributed by atoms with Gasteiger partial charge in [-0.2, -0.15) is 0 Å². The fraction of sp³-hybridized carbons (Fsp3) is 0.889.